The molecule has 6 heteroatoms. The minimum Gasteiger partial charge on any atom is -1.00 e. The Balaban J connectivity index is 0.00000147. The van der Waals surface area contributed by atoms with Gasteiger partial charge in [-0.2, -0.15) is 0 Å². The van der Waals surface area contributed by atoms with Gasteiger partial charge in [0.15, 0.2) is 5.65 Å². The molecule has 20 heavy (non-hydrogen) atoms. The summed E-state index contributed by atoms with van der Waals surface area (Å²) in [5.74, 6) is 0. The number of nitrogens with one attached hydrogen (secondary N) is 1. The number of hydrogen-bond acceptors (Lipinski definition) is 2. The van der Waals surface area contributed by atoms with E-state index in [0.29, 0.717) is 12.1 Å². The highest BCUT2D eigenvalue weighted by atomic mass is 35.5. The lowest BCUT2D eigenvalue weighted by Crippen LogP contribution is -3.06. The molecular weight excluding hydrogens is 276 g/mol. The van der Waals surface area contributed by atoms with Crippen LogP contribution in [0.4, 0.5) is 0 Å². The highest BCUT2D eigenvalue weighted by molar-refractivity contribution is 5.74. The van der Waals surface area contributed by atoms with Crippen LogP contribution in [0.1, 0.15) is 0 Å². The molecule has 0 saturated heterocycles. The molecule has 0 aliphatic rings. The summed E-state index contributed by atoms with van der Waals surface area (Å²) in [7, 11) is 4.17. The standard InChI is InChI=1S/C14H16N4O.ClH/c1-16(2)9-10-18-11-5-3-7-15-13(11)17-8-4-6-12(17)14(18)19;/h3-8H,9-10H2,1-2H3;1H. The fourth-order valence-electron chi connectivity index (χ4n) is 2.33. The average Bonchev–Trinajstić information content (AvgIpc) is 2.88. The first-order chi connectivity index (χ1) is 9.18. The van der Waals surface area contributed by atoms with Crippen LogP contribution in [0.3, 0.4) is 0 Å². The lowest BCUT2D eigenvalue weighted by Gasteiger charge is -2.13. The van der Waals surface area contributed by atoms with Gasteiger partial charge in [0.25, 0.3) is 5.56 Å². The molecule has 0 unspecified atom stereocenters. The Kier molecular flexibility index (Phi) is 4.11. The number of pyridine rings is 1. The van der Waals surface area contributed by atoms with Crippen LogP contribution >= 0.6 is 0 Å². The monoisotopic (exact) mass is 292 g/mol. The third-order valence-electron chi connectivity index (χ3n) is 3.33. The second kappa shape index (κ2) is 5.64. The lowest BCUT2D eigenvalue weighted by atomic mass is 10.3. The highest BCUT2D eigenvalue weighted by Gasteiger charge is 2.11. The number of fused-ring (bicyclic) bond motifs is 3. The summed E-state index contributed by atoms with van der Waals surface area (Å²) < 4.78 is 3.68. The first-order valence-corrected chi connectivity index (χ1v) is 6.42. The molecule has 3 aromatic heterocycles. The summed E-state index contributed by atoms with van der Waals surface area (Å²) in [6.07, 6.45) is 3.64. The van der Waals surface area contributed by atoms with Gasteiger partial charge in [0.05, 0.1) is 32.7 Å². The molecule has 0 amide bonds. The smallest absolute Gasteiger partial charge is 0.275 e. The average molecular weight is 293 g/mol. The van der Waals surface area contributed by atoms with Crippen molar-refractivity contribution >= 4 is 16.7 Å². The minimum absolute atomic E-state index is 0. The van der Waals surface area contributed by atoms with Gasteiger partial charge < -0.3 is 17.3 Å². The maximum absolute atomic E-state index is 12.5. The molecule has 0 aromatic carbocycles. The van der Waals surface area contributed by atoms with E-state index in [9.17, 15) is 4.79 Å². The van der Waals surface area contributed by atoms with Crippen LogP contribution < -0.4 is 22.9 Å². The third kappa shape index (κ3) is 2.30. The molecule has 0 aliphatic heterocycles. The van der Waals surface area contributed by atoms with Crippen molar-refractivity contribution in [3.63, 3.8) is 0 Å². The van der Waals surface area contributed by atoms with Crippen LogP contribution in [0.5, 0.6) is 0 Å². The van der Waals surface area contributed by atoms with E-state index in [4.69, 9.17) is 0 Å². The van der Waals surface area contributed by atoms with E-state index in [0.717, 1.165) is 17.7 Å². The number of hydrogen-bond donors (Lipinski definition) is 1. The van der Waals surface area contributed by atoms with Crippen LogP contribution in [0.15, 0.2) is 41.5 Å². The summed E-state index contributed by atoms with van der Waals surface area (Å²) in [6, 6.07) is 7.55. The van der Waals surface area contributed by atoms with Crippen molar-refractivity contribution in [2.24, 2.45) is 0 Å². The maximum atomic E-state index is 12.5. The minimum atomic E-state index is 0. The Morgan fingerprint density at radius 2 is 1.95 bits per heavy atom. The number of halogens is 1. The van der Waals surface area contributed by atoms with Crippen molar-refractivity contribution in [1.29, 1.82) is 0 Å². The van der Waals surface area contributed by atoms with Crippen LogP contribution in [0, 0.1) is 0 Å². The van der Waals surface area contributed by atoms with Crippen LogP contribution in [-0.2, 0) is 6.54 Å². The predicted molar refractivity (Wildman–Crippen MR) is 74.6 cm³/mol. The first-order valence-electron chi connectivity index (χ1n) is 6.42. The van der Waals surface area contributed by atoms with Crippen molar-refractivity contribution in [3.8, 4) is 0 Å². The zero-order chi connectivity index (χ0) is 13.4. The fourth-order valence-corrected chi connectivity index (χ4v) is 2.33. The number of likely N-dealkylation sites (N-methyl/N-ethyl adjacent to an activating group) is 1. The molecule has 0 atom stereocenters. The molecule has 3 aromatic rings. The molecule has 5 nitrogen and oxygen atoms in total. The Morgan fingerprint density at radius 1 is 1.20 bits per heavy atom. The first kappa shape index (κ1) is 14.6. The van der Waals surface area contributed by atoms with Gasteiger partial charge in [-0.25, -0.2) is 4.98 Å². The van der Waals surface area contributed by atoms with Gasteiger partial charge in [0.1, 0.15) is 5.52 Å². The van der Waals surface area contributed by atoms with Crippen molar-refractivity contribution in [2.45, 2.75) is 6.54 Å². The maximum Gasteiger partial charge on any atom is 0.275 e. The Morgan fingerprint density at radius 3 is 2.70 bits per heavy atom. The number of rotatable bonds is 3. The molecule has 3 rings (SSSR count). The summed E-state index contributed by atoms with van der Waals surface area (Å²) in [4.78, 5) is 18.2. The third-order valence-corrected chi connectivity index (χ3v) is 3.33. The Hall–Kier alpha value is -1.85. The van der Waals surface area contributed by atoms with Crippen molar-refractivity contribution in [1.82, 2.24) is 14.0 Å². The molecule has 0 saturated carbocycles. The van der Waals surface area contributed by atoms with E-state index in [1.165, 1.54) is 4.90 Å². The van der Waals surface area contributed by atoms with Crippen molar-refractivity contribution < 1.29 is 17.3 Å². The fraction of sp³-hybridized carbons (Fsp3) is 0.286. The molecule has 0 fully saturated rings. The highest BCUT2D eigenvalue weighted by Crippen LogP contribution is 2.12. The second-order valence-corrected chi connectivity index (χ2v) is 5.02. The van der Waals surface area contributed by atoms with Gasteiger partial charge in [-0.05, 0) is 24.3 Å². The number of aromatic nitrogens is 3. The summed E-state index contributed by atoms with van der Waals surface area (Å²) in [5, 5.41) is 0. The van der Waals surface area contributed by atoms with Gasteiger partial charge in [0.2, 0.25) is 0 Å². The van der Waals surface area contributed by atoms with E-state index in [-0.39, 0.29) is 18.0 Å². The van der Waals surface area contributed by atoms with Crippen LogP contribution in [0.25, 0.3) is 16.7 Å². The zero-order valence-corrected chi connectivity index (χ0v) is 12.3. The van der Waals surface area contributed by atoms with E-state index >= 15 is 0 Å². The van der Waals surface area contributed by atoms with Gasteiger partial charge in [0, 0.05) is 12.4 Å². The lowest BCUT2D eigenvalue weighted by molar-refractivity contribution is -0.858. The molecule has 1 N–H and O–H groups in total. The Bertz CT molecular complexity index is 791. The zero-order valence-electron chi connectivity index (χ0n) is 11.5. The summed E-state index contributed by atoms with van der Waals surface area (Å²) >= 11 is 0. The summed E-state index contributed by atoms with van der Waals surface area (Å²) in [5.41, 5.74) is 2.44. The topological polar surface area (TPSA) is 43.7 Å². The van der Waals surface area contributed by atoms with E-state index < -0.39 is 0 Å². The largest absolute Gasteiger partial charge is 1.00 e. The van der Waals surface area contributed by atoms with E-state index in [1.54, 1.807) is 6.20 Å². The molecule has 0 spiro atoms. The van der Waals surface area contributed by atoms with Crippen LogP contribution in [-0.4, -0.2) is 34.6 Å². The molecule has 106 valence electrons. The van der Waals surface area contributed by atoms with Crippen molar-refractivity contribution in [2.75, 3.05) is 20.6 Å². The molecule has 0 radical (unpaired) electrons. The number of nitrogens with zero attached hydrogens (tertiary/aromatic N) is 3. The molecule has 3 heterocycles. The van der Waals surface area contributed by atoms with Gasteiger partial charge in [-0.3, -0.25) is 13.8 Å². The van der Waals surface area contributed by atoms with Gasteiger partial charge >= 0.3 is 0 Å². The quantitative estimate of drug-likeness (QED) is 0.553. The number of quaternary nitrogens is 1. The van der Waals surface area contributed by atoms with E-state index in [1.807, 2.05) is 39.4 Å². The second-order valence-electron chi connectivity index (χ2n) is 5.02. The molecule has 0 aliphatic carbocycles. The van der Waals surface area contributed by atoms with E-state index in [2.05, 4.69) is 19.1 Å². The molecular formula is C14H17ClN4O. The Labute approximate surface area is 122 Å². The van der Waals surface area contributed by atoms with Gasteiger partial charge in [-0.15, -0.1) is 0 Å². The normalized spacial score (nSPS) is 11.2. The van der Waals surface area contributed by atoms with Gasteiger partial charge in [-0.1, -0.05) is 0 Å². The summed E-state index contributed by atoms with van der Waals surface area (Å²) in [6.45, 7) is 1.60. The predicted octanol–water partition coefficient (Wildman–Crippen LogP) is -3.20. The SMILES string of the molecule is C[NH+](C)CCn1c(=O)c2cccn2c2ncccc21.[Cl-]. The van der Waals surface area contributed by atoms with Crippen LogP contribution in [0.2, 0.25) is 0 Å². The van der Waals surface area contributed by atoms with Crippen molar-refractivity contribution in [3.05, 3.63) is 47.0 Å². The molecule has 0 bridgehead atoms.